The van der Waals surface area contributed by atoms with Crippen molar-refractivity contribution in [2.24, 2.45) is 0 Å². The molecule has 1 fully saturated rings. The molecule has 0 bridgehead atoms. The first-order valence-corrected chi connectivity index (χ1v) is 8.94. The Balaban J connectivity index is 1.70. The third-order valence-corrected chi connectivity index (χ3v) is 4.72. The van der Waals surface area contributed by atoms with Crippen molar-refractivity contribution in [3.8, 4) is 0 Å². The van der Waals surface area contributed by atoms with Crippen molar-refractivity contribution in [2.45, 2.75) is 24.5 Å². The van der Waals surface area contributed by atoms with Crippen LogP contribution in [-0.4, -0.2) is 42.3 Å². The van der Waals surface area contributed by atoms with E-state index in [1.54, 1.807) is 0 Å². The minimum atomic E-state index is -1.28. The predicted octanol–water partition coefficient (Wildman–Crippen LogP) is 2.54. The number of benzene rings is 2. The molecule has 0 aliphatic carbocycles. The highest BCUT2D eigenvalue weighted by molar-refractivity contribution is 5.87. The molecule has 0 unspecified atom stereocenters. The van der Waals surface area contributed by atoms with Gasteiger partial charge in [-0.05, 0) is 11.1 Å². The number of carbonyl (C=O) groups excluding carboxylic acids is 1. The zero-order valence-electron chi connectivity index (χ0n) is 15.0. The smallest absolute Gasteiger partial charge is 0.329 e. The van der Waals surface area contributed by atoms with Gasteiger partial charge in [-0.2, -0.15) is 0 Å². The molecule has 3 rings (SSSR count). The second kappa shape index (κ2) is 8.79. The Kier molecular flexibility index (Phi) is 6.21. The average molecular weight is 369 g/mol. The van der Waals surface area contributed by atoms with Crippen LogP contribution in [0.2, 0.25) is 0 Å². The summed E-state index contributed by atoms with van der Waals surface area (Å²) in [7, 11) is 0. The summed E-state index contributed by atoms with van der Waals surface area (Å²) in [6, 6.07) is 19.2. The second-order valence-electron chi connectivity index (χ2n) is 6.56. The van der Waals surface area contributed by atoms with Crippen molar-refractivity contribution >= 4 is 11.9 Å². The fraction of sp³-hybridized carbons (Fsp3) is 0.333. The number of nitrogens with one attached hydrogen (secondary N) is 1. The Morgan fingerprint density at radius 2 is 1.52 bits per heavy atom. The minimum Gasteiger partial charge on any atom is -0.480 e. The lowest BCUT2D eigenvalue weighted by molar-refractivity contribution is -0.153. The summed E-state index contributed by atoms with van der Waals surface area (Å²) in [6.45, 7) is 0.387. The van der Waals surface area contributed by atoms with Gasteiger partial charge in [0.25, 0.3) is 0 Å². The van der Waals surface area contributed by atoms with E-state index in [4.69, 9.17) is 9.47 Å². The largest absolute Gasteiger partial charge is 0.480 e. The topological polar surface area (TPSA) is 84.9 Å². The maximum absolute atomic E-state index is 12.4. The van der Waals surface area contributed by atoms with E-state index in [0.29, 0.717) is 13.2 Å². The van der Waals surface area contributed by atoms with E-state index < -0.39 is 23.5 Å². The van der Waals surface area contributed by atoms with Gasteiger partial charge in [-0.3, -0.25) is 4.79 Å². The van der Waals surface area contributed by atoms with E-state index in [0.717, 1.165) is 11.1 Å². The summed E-state index contributed by atoms with van der Waals surface area (Å²) in [5, 5.41) is 12.2. The van der Waals surface area contributed by atoms with Crippen LogP contribution in [0.1, 0.15) is 30.1 Å². The SMILES string of the molecule is O=C(COC(c1ccccc1)c1ccccc1)NC1(C(=O)O)CCOCC1. The van der Waals surface area contributed by atoms with E-state index in [1.807, 2.05) is 60.7 Å². The summed E-state index contributed by atoms with van der Waals surface area (Å²) in [6.07, 6.45) is 0.0811. The third-order valence-electron chi connectivity index (χ3n) is 4.72. The average Bonchev–Trinajstić information content (AvgIpc) is 2.70. The van der Waals surface area contributed by atoms with E-state index in [-0.39, 0.29) is 19.4 Å². The molecule has 1 aliphatic rings. The monoisotopic (exact) mass is 369 g/mol. The van der Waals surface area contributed by atoms with Crippen LogP contribution >= 0.6 is 0 Å². The number of carbonyl (C=O) groups is 2. The molecule has 6 heteroatoms. The molecule has 0 atom stereocenters. The normalized spacial score (nSPS) is 16.0. The van der Waals surface area contributed by atoms with Crippen LogP contribution in [0, 0.1) is 0 Å². The summed E-state index contributed by atoms with van der Waals surface area (Å²) >= 11 is 0. The third kappa shape index (κ3) is 4.72. The number of hydrogen-bond acceptors (Lipinski definition) is 4. The Morgan fingerprint density at radius 1 is 1.00 bits per heavy atom. The van der Waals surface area contributed by atoms with Crippen molar-refractivity contribution in [3.05, 3.63) is 71.8 Å². The van der Waals surface area contributed by atoms with Crippen molar-refractivity contribution in [3.63, 3.8) is 0 Å². The van der Waals surface area contributed by atoms with Gasteiger partial charge in [-0.25, -0.2) is 4.79 Å². The van der Waals surface area contributed by atoms with Crippen LogP contribution in [0.15, 0.2) is 60.7 Å². The van der Waals surface area contributed by atoms with Crippen molar-refractivity contribution in [2.75, 3.05) is 19.8 Å². The zero-order valence-corrected chi connectivity index (χ0v) is 15.0. The first kappa shape index (κ1) is 19.1. The summed E-state index contributed by atoms with van der Waals surface area (Å²) < 4.78 is 11.1. The molecule has 0 aromatic heterocycles. The lowest BCUT2D eigenvalue weighted by atomic mass is 9.90. The van der Waals surface area contributed by atoms with E-state index >= 15 is 0 Å². The molecular formula is C21H23NO5. The summed E-state index contributed by atoms with van der Waals surface area (Å²) in [5.74, 6) is -1.49. The second-order valence-corrected chi connectivity index (χ2v) is 6.56. The Labute approximate surface area is 158 Å². The van der Waals surface area contributed by atoms with E-state index in [2.05, 4.69) is 5.32 Å². The Morgan fingerprint density at radius 3 is 2.00 bits per heavy atom. The van der Waals surface area contributed by atoms with Crippen molar-refractivity contribution in [1.82, 2.24) is 5.32 Å². The lowest BCUT2D eigenvalue weighted by Gasteiger charge is -2.34. The quantitative estimate of drug-likeness (QED) is 0.783. The van der Waals surface area contributed by atoms with Crippen LogP contribution in [0.5, 0.6) is 0 Å². The molecule has 2 aromatic rings. The Hall–Kier alpha value is -2.70. The van der Waals surface area contributed by atoms with Gasteiger partial charge in [-0.15, -0.1) is 0 Å². The van der Waals surface area contributed by atoms with Crippen LogP contribution in [0.25, 0.3) is 0 Å². The molecule has 1 saturated heterocycles. The van der Waals surface area contributed by atoms with Gasteiger partial charge in [0.05, 0.1) is 0 Å². The molecule has 0 radical (unpaired) electrons. The zero-order chi connectivity index (χ0) is 19.1. The highest BCUT2D eigenvalue weighted by atomic mass is 16.5. The van der Waals surface area contributed by atoms with Crippen LogP contribution in [-0.2, 0) is 19.1 Å². The molecular weight excluding hydrogens is 346 g/mol. The highest BCUT2D eigenvalue weighted by Gasteiger charge is 2.41. The van der Waals surface area contributed by atoms with Gasteiger partial charge in [0.2, 0.25) is 5.91 Å². The van der Waals surface area contributed by atoms with E-state index in [9.17, 15) is 14.7 Å². The number of hydrogen-bond donors (Lipinski definition) is 2. The molecule has 6 nitrogen and oxygen atoms in total. The number of aliphatic carboxylic acids is 1. The predicted molar refractivity (Wildman–Crippen MR) is 99.2 cm³/mol. The number of carboxylic acid groups (broad SMARTS) is 1. The molecule has 2 aromatic carbocycles. The molecule has 1 amide bonds. The van der Waals surface area contributed by atoms with E-state index in [1.165, 1.54) is 0 Å². The minimum absolute atomic E-state index is 0.232. The van der Waals surface area contributed by atoms with Gasteiger partial charge in [0.15, 0.2) is 0 Å². The van der Waals surface area contributed by atoms with Gasteiger partial charge in [-0.1, -0.05) is 60.7 Å². The first-order chi connectivity index (χ1) is 13.1. The van der Waals surface area contributed by atoms with Crippen LogP contribution in [0.3, 0.4) is 0 Å². The Bertz CT molecular complexity index is 717. The van der Waals surface area contributed by atoms with Gasteiger partial charge >= 0.3 is 5.97 Å². The highest BCUT2D eigenvalue weighted by Crippen LogP contribution is 2.26. The molecule has 0 saturated carbocycles. The fourth-order valence-corrected chi connectivity index (χ4v) is 3.21. The maximum atomic E-state index is 12.4. The number of amides is 1. The molecule has 1 heterocycles. The number of rotatable bonds is 7. The fourth-order valence-electron chi connectivity index (χ4n) is 3.21. The van der Waals surface area contributed by atoms with Gasteiger partial charge in [0, 0.05) is 26.1 Å². The standard InChI is InChI=1S/C21H23NO5/c23-18(22-21(20(24)25)11-13-26-14-12-21)15-27-19(16-7-3-1-4-8-16)17-9-5-2-6-10-17/h1-10,19H,11-15H2,(H,22,23)(H,24,25). The van der Waals surface area contributed by atoms with Crippen LogP contribution in [0.4, 0.5) is 0 Å². The van der Waals surface area contributed by atoms with Gasteiger partial charge < -0.3 is 19.9 Å². The van der Waals surface area contributed by atoms with Gasteiger partial charge in [0.1, 0.15) is 18.2 Å². The molecule has 2 N–H and O–H groups in total. The van der Waals surface area contributed by atoms with Crippen molar-refractivity contribution < 1.29 is 24.2 Å². The number of ether oxygens (including phenoxy) is 2. The lowest BCUT2D eigenvalue weighted by Crippen LogP contribution is -2.58. The first-order valence-electron chi connectivity index (χ1n) is 8.94. The van der Waals surface area contributed by atoms with Crippen molar-refractivity contribution in [1.29, 1.82) is 0 Å². The number of carboxylic acids is 1. The summed E-state index contributed by atoms with van der Waals surface area (Å²) in [4.78, 5) is 24.1. The molecule has 1 aliphatic heterocycles. The molecule has 0 spiro atoms. The van der Waals surface area contributed by atoms with Crippen LogP contribution < -0.4 is 5.32 Å². The maximum Gasteiger partial charge on any atom is 0.329 e. The summed E-state index contributed by atoms with van der Waals surface area (Å²) in [5.41, 5.74) is 0.569. The molecule has 27 heavy (non-hydrogen) atoms. The molecule has 142 valence electrons.